The maximum Gasteiger partial charge on any atom is 0.211 e. The Morgan fingerprint density at radius 1 is 1.50 bits per heavy atom. The molecule has 4 nitrogen and oxygen atoms in total. The summed E-state index contributed by atoms with van der Waals surface area (Å²) in [5, 5.41) is 0.684. The SMILES string of the molecule is CS(=O)(=O)N1CCO[C@@H](Cc2cccc(Cl)c2)C1. The maximum absolute atomic E-state index is 11.5. The molecular weight excluding hydrogens is 274 g/mol. The molecule has 100 valence electrons. The molecule has 1 fully saturated rings. The number of hydrogen-bond donors (Lipinski definition) is 0. The van der Waals surface area contributed by atoms with Crippen molar-refractivity contribution in [2.45, 2.75) is 12.5 Å². The molecule has 1 heterocycles. The average molecular weight is 290 g/mol. The van der Waals surface area contributed by atoms with E-state index in [1.165, 1.54) is 10.6 Å². The highest BCUT2D eigenvalue weighted by Crippen LogP contribution is 2.16. The van der Waals surface area contributed by atoms with Crippen LogP contribution in [-0.2, 0) is 21.2 Å². The minimum atomic E-state index is -3.13. The Labute approximate surface area is 113 Å². The number of hydrogen-bond acceptors (Lipinski definition) is 3. The summed E-state index contributed by atoms with van der Waals surface area (Å²) >= 11 is 5.92. The first kappa shape index (κ1) is 13.8. The summed E-state index contributed by atoms with van der Waals surface area (Å²) in [5.74, 6) is 0. The second kappa shape index (κ2) is 5.57. The maximum atomic E-state index is 11.5. The van der Waals surface area contributed by atoms with Crippen molar-refractivity contribution in [2.75, 3.05) is 26.0 Å². The summed E-state index contributed by atoms with van der Waals surface area (Å²) in [5.41, 5.74) is 1.06. The van der Waals surface area contributed by atoms with Crippen molar-refractivity contribution in [3.05, 3.63) is 34.9 Å². The van der Waals surface area contributed by atoms with Gasteiger partial charge in [0.1, 0.15) is 0 Å². The number of ether oxygens (including phenoxy) is 1. The van der Waals surface area contributed by atoms with E-state index in [-0.39, 0.29) is 6.10 Å². The number of nitrogens with zero attached hydrogens (tertiary/aromatic N) is 1. The van der Waals surface area contributed by atoms with Gasteiger partial charge in [-0.05, 0) is 24.1 Å². The standard InChI is InChI=1S/C12H16ClNO3S/c1-18(15,16)14-5-6-17-12(9-14)8-10-3-2-4-11(13)7-10/h2-4,7,12H,5-6,8-9H2,1H3/t12-/m0/s1. The van der Waals surface area contributed by atoms with Gasteiger partial charge in [0.15, 0.2) is 0 Å². The number of halogens is 1. The average Bonchev–Trinajstić information content (AvgIpc) is 2.28. The van der Waals surface area contributed by atoms with Gasteiger partial charge in [0, 0.05) is 18.1 Å². The van der Waals surface area contributed by atoms with E-state index in [0.717, 1.165) is 5.56 Å². The Bertz CT molecular complexity index is 518. The first-order valence-corrected chi connectivity index (χ1v) is 7.99. The van der Waals surface area contributed by atoms with Gasteiger partial charge in [-0.15, -0.1) is 0 Å². The second-order valence-electron chi connectivity index (χ2n) is 4.45. The van der Waals surface area contributed by atoms with Crippen LogP contribution in [0.25, 0.3) is 0 Å². The highest BCUT2D eigenvalue weighted by Gasteiger charge is 2.26. The van der Waals surface area contributed by atoms with Crippen molar-refractivity contribution in [3.8, 4) is 0 Å². The summed E-state index contributed by atoms with van der Waals surface area (Å²) in [6.45, 7) is 1.29. The van der Waals surface area contributed by atoms with Gasteiger partial charge in [-0.3, -0.25) is 0 Å². The van der Waals surface area contributed by atoms with Crippen molar-refractivity contribution < 1.29 is 13.2 Å². The quantitative estimate of drug-likeness (QED) is 0.848. The number of morpholine rings is 1. The monoisotopic (exact) mass is 289 g/mol. The largest absolute Gasteiger partial charge is 0.375 e. The van der Waals surface area contributed by atoms with E-state index in [1.807, 2.05) is 24.3 Å². The van der Waals surface area contributed by atoms with Crippen LogP contribution >= 0.6 is 11.6 Å². The zero-order chi connectivity index (χ0) is 13.2. The van der Waals surface area contributed by atoms with E-state index < -0.39 is 10.0 Å². The topological polar surface area (TPSA) is 46.6 Å². The van der Waals surface area contributed by atoms with E-state index >= 15 is 0 Å². The summed E-state index contributed by atoms with van der Waals surface area (Å²) in [6, 6.07) is 7.54. The normalized spacial score (nSPS) is 22.0. The Morgan fingerprint density at radius 2 is 2.28 bits per heavy atom. The Morgan fingerprint density at radius 3 is 2.94 bits per heavy atom. The van der Waals surface area contributed by atoms with E-state index in [1.54, 1.807) is 0 Å². The Hall–Kier alpha value is -0.620. The molecule has 0 saturated carbocycles. The van der Waals surface area contributed by atoms with Gasteiger partial charge in [0.25, 0.3) is 0 Å². The van der Waals surface area contributed by atoms with Crippen LogP contribution in [0.2, 0.25) is 5.02 Å². The lowest BCUT2D eigenvalue weighted by Crippen LogP contribution is -2.45. The van der Waals surface area contributed by atoms with Crippen LogP contribution < -0.4 is 0 Å². The Balaban J connectivity index is 2.02. The zero-order valence-corrected chi connectivity index (χ0v) is 11.7. The van der Waals surface area contributed by atoms with Crippen molar-refractivity contribution in [1.29, 1.82) is 0 Å². The van der Waals surface area contributed by atoms with E-state index in [0.29, 0.717) is 31.1 Å². The predicted octanol–water partition coefficient (Wildman–Crippen LogP) is 1.54. The van der Waals surface area contributed by atoms with Gasteiger partial charge in [0.2, 0.25) is 10.0 Å². The zero-order valence-electron chi connectivity index (χ0n) is 10.2. The third kappa shape index (κ3) is 3.68. The van der Waals surface area contributed by atoms with Gasteiger partial charge in [-0.25, -0.2) is 8.42 Å². The van der Waals surface area contributed by atoms with Crippen LogP contribution in [0.5, 0.6) is 0 Å². The van der Waals surface area contributed by atoms with Crippen molar-refractivity contribution in [3.63, 3.8) is 0 Å². The molecule has 1 saturated heterocycles. The van der Waals surface area contributed by atoms with Crippen LogP contribution in [0.15, 0.2) is 24.3 Å². The lowest BCUT2D eigenvalue weighted by molar-refractivity contribution is -0.000285. The molecule has 0 aromatic heterocycles. The molecule has 0 unspecified atom stereocenters. The first-order chi connectivity index (χ1) is 8.45. The van der Waals surface area contributed by atoms with Crippen LogP contribution in [0.4, 0.5) is 0 Å². The number of sulfonamides is 1. The van der Waals surface area contributed by atoms with E-state index in [9.17, 15) is 8.42 Å². The van der Waals surface area contributed by atoms with Crippen molar-refractivity contribution >= 4 is 21.6 Å². The fourth-order valence-corrected chi connectivity index (χ4v) is 3.10. The van der Waals surface area contributed by atoms with Gasteiger partial charge in [-0.2, -0.15) is 4.31 Å². The van der Waals surface area contributed by atoms with E-state index in [4.69, 9.17) is 16.3 Å². The fourth-order valence-electron chi connectivity index (χ4n) is 2.04. The molecule has 0 aliphatic carbocycles. The number of benzene rings is 1. The van der Waals surface area contributed by atoms with Crippen LogP contribution in [-0.4, -0.2) is 44.8 Å². The summed E-state index contributed by atoms with van der Waals surface area (Å²) in [6.07, 6.45) is 1.80. The smallest absolute Gasteiger partial charge is 0.211 e. The molecular formula is C12H16ClNO3S. The van der Waals surface area contributed by atoms with Gasteiger partial charge < -0.3 is 4.74 Å². The van der Waals surface area contributed by atoms with Crippen molar-refractivity contribution in [2.24, 2.45) is 0 Å². The number of rotatable bonds is 3. The highest BCUT2D eigenvalue weighted by atomic mass is 35.5. The first-order valence-electron chi connectivity index (χ1n) is 5.76. The molecule has 0 N–H and O–H groups in total. The fraction of sp³-hybridized carbons (Fsp3) is 0.500. The molecule has 1 aromatic rings. The van der Waals surface area contributed by atoms with Crippen molar-refractivity contribution in [1.82, 2.24) is 4.31 Å². The molecule has 2 rings (SSSR count). The van der Waals surface area contributed by atoms with E-state index in [2.05, 4.69) is 0 Å². The summed E-state index contributed by atoms with van der Waals surface area (Å²) in [4.78, 5) is 0. The highest BCUT2D eigenvalue weighted by molar-refractivity contribution is 7.88. The molecule has 1 aliphatic heterocycles. The van der Waals surface area contributed by atoms with Gasteiger partial charge in [0.05, 0.1) is 19.0 Å². The minimum absolute atomic E-state index is 0.105. The second-order valence-corrected chi connectivity index (χ2v) is 6.87. The lowest BCUT2D eigenvalue weighted by atomic mass is 10.1. The minimum Gasteiger partial charge on any atom is -0.375 e. The predicted molar refractivity (Wildman–Crippen MR) is 71.3 cm³/mol. The van der Waals surface area contributed by atoms with Gasteiger partial charge in [-0.1, -0.05) is 23.7 Å². The summed E-state index contributed by atoms with van der Waals surface area (Å²) in [7, 11) is -3.13. The molecule has 1 atom stereocenters. The molecule has 0 bridgehead atoms. The lowest BCUT2D eigenvalue weighted by Gasteiger charge is -2.31. The molecule has 18 heavy (non-hydrogen) atoms. The molecule has 0 spiro atoms. The van der Waals surface area contributed by atoms with Crippen LogP contribution in [0.1, 0.15) is 5.56 Å². The molecule has 1 aliphatic rings. The molecule has 6 heteroatoms. The summed E-state index contributed by atoms with van der Waals surface area (Å²) < 4.78 is 30.0. The van der Waals surface area contributed by atoms with Gasteiger partial charge >= 0.3 is 0 Å². The Kier molecular flexibility index (Phi) is 4.27. The molecule has 1 aromatic carbocycles. The third-order valence-corrected chi connectivity index (χ3v) is 4.43. The van der Waals surface area contributed by atoms with Crippen LogP contribution in [0.3, 0.4) is 0 Å². The molecule has 0 radical (unpaired) electrons. The van der Waals surface area contributed by atoms with Crippen LogP contribution in [0, 0.1) is 0 Å². The molecule has 0 amide bonds. The third-order valence-electron chi connectivity index (χ3n) is 2.92.